The third-order valence-electron chi connectivity index (χ3n) is 6.18. The molecule has 1 aliphatic heterocycles. The van der Waals surface area contributed by atoms with Crippen molar-refractivity contribution in [1.29, 1.82) is 0 Å². The lowest BCUT2D eigenvalue weighted by molar-refractivity contribution is -0.118. The molecule has 0 radical (unpaired) electrons. The molecule has 5 rings (SSSR count). The minimum Gasteiger partial charge on any atom is -0.481 e. The Bertz CT molecular complexity index is 1130. The molecule has 9 heteroatoms. The van der Waals surface area contributed by atoms with Gasteiger partial charge in [0.25, 0.3) is 5.91 Å². The minimum absolute atomic E-state index is 0.0710. The normalized spacial score (nSPS) is 22.9. The number of rotatable bonds is 6. The van der Waals surface area contributed by atoms with Gasteiger partial charge < -0.3 is 20.7 Å². The topological polar surface area (TPSA) is 79.7 Å². The Kier molecular flexibility index (Phi) is 5.75. The summed E-state index contributed by atoms with van der Waals surface area (Å²) in [6.07, 6.45) is 2.59. The van der Waals surface area contributed by atoms with Gasteiger partial charge in [0.05, 0.1) is 16.9 Å². The highest BCUT2D eigenvalue weighted by atomic mass is 19.1. The quantitative estimate of drug-likeness (QED) is 0.548. The van der Waals surface area contributed by atoms with Crippen LogP contribution in [-0.2, 0) is 17.9 Å². The van der Waals surface area contributed by atoms with Gasteiger partial charge in [-0.2, -0.15) is 5.10 Å². The van der Waals surface area contributed by atoms with E-state index in [2.05, 4.69) is 21.0 Å². The second-order valence-corrected chi connectivity index (χ2v) is 8.36. The average molecular weight is 441 g/mol. The number of halogens is 2. The van der Waals surface area contributed by atoms with Crippen LogP contribution < -0.4 is 20.7 Å². The van der Waals surface area contributed by atoms with Crippen LogP contribution in [0.1, 0.15) is 30.5 Å². The molecule has 0 bridgehead atoms. The molecule has 3 N–H and O–H groups in total. The Balaban J connectivity index is 1.15. The molecular weight excluding hydrogens is 416 g/mol. The maximum Gasteiger partial charge on any atom is 0.262 e. The molecule has 3 heterocycles. The van der Waals surface area contributed by atoms with Gasteiger partial charge in [0.2, 0.25) is 0 Å². The number of hydrogen-bond donors (Lipinski definition) is 3. The first-order valence-electron chi connectivity index (χ1n) is 10.8. The third kappa shape index (κ3) is 4.31. The lowest BCUT2D eigenvalue weighted by Gasteiger charge is -2.33. The number of alkyl halides is 1. The standard InChI is InChI=1S/C23H25F2N5O2/c24-18-10-22-21(29-23(31)13-32-22)8-14(18)11-27-20-5-4-15(9-19(20)25)26-12-17-3-1-2-16-6-7-28-30(16)17/h1-3,6-8,10,15,19-20,26-27H,4-5,9,11-13H2,(H,29,31)/t15-,19+,20-/m0/s1. The van der Waals surface area contributed by atoms with Crippen molar-refractivity contribution in [3.05, 3.63) is 59.7 Å². The fraction of sp³-hybridized carbons (Fsp3) is 0.391. The molecule has 3 atom stereocenters. The van der Waals surface area contributed by atoms with Crippen LogP contribution in [0.5, 0.6) is 5.75 Å². The average Bonchev–Trinajstić information content (AvgIpc) is 3.27. The smallest absolute Gasteiger partial charge is 0.262 e. The maximum absolute atomic E-state index is 14.9. The Labute approximate surface area is 184 Å². The summed E-state index contributed by atoms with van der Waals surface area (Å²) < 4.78 is 36.4. The van der Waals surface area contributed by atoms with Gasteiger partial charge in [-0.1, -0.05) is 6.07 Å². The van der Waals surface area contributed by atoms with Gasteiger partial charge in [0.1, 0.15) is 17.7 Å². The van der Waals surface area contributed by atoms with Crippen LogP contribution in [0.2, 0.25) is 0 Å². The van der Waals surface area contributed by atoms with E-state index in [0.29, 0.717) is 36.4 Å². The molecule has 168 valence electrons. The number of carbonyl (C=O) groups is 1. The first-order chi connectivity index (χ1) is 15.6. The number of anilines is 1. The summed E-state index contributed by atoms with van der Waals surface area (Å²) in [4.78, 5) is 11.5. The molecule has 1 saturated carbocycles. The van der Waals surface area contributed by atoms with Crippen LogP contribution in [-0.4, -0.2) is 40.4 Å². The van der Waals surface area contributed by atoms with Crippen LogP contribution in [0.15, 0.2) is 42.6 Å². The van der Waals surface area contributed by atoms with E-state index >= 15 is 0 Å². The minimum atomic E-state index is -1.04. The first-order valence-corrected chi connectivity index (χ1v) is 10.8. The number of hydrogen-bond acceptors (Lipinski definition) is 5. The van der Waals surface area contributed by atoms with Gasteiger partial charge in [-0.3, -0.25) is 4.79 Å². The van der Waals surface area contributed by atoms with Crippen LogP contribution in [0, 0.1) is 5.82 Å². The molecule has 1 aliphatic carbocycles. The second-order valence-electron chi connectivity index (χ2n) is 8.36. The fourth-order valence-corrected chi connectivity index (χ4v) is 4.44. The molecular formula is C23H25F2N5O2. The van der Waals surface area contributed by atoms with Crippen molar-refractivity contribution >= 4 is 17.1 Å². The van der Waals surface area contributed by atoms with E-state index in [1.807, 2.05) is 28.8 Å². The number of carbonyl (C=O) groups excluding carboxylic acids is 1. The molecule has 7 nitrogen and oxygen atoms in total. The number of fused-ring (bicyclic) bond motifs is 2. The van der Waals surface area contributed by atoms with Crippen LogP contribution >= 0.6 is 0 Å². The molecule has 1 fully saturated rings. The van der Waals surface area contributed by atoms with E-state index in [1.165, 1.54) is 6.07 Å². The van der Waals surface area contributed by atoms with Gasteiger partial charge in [-0.25, -0.2) is 13.3 Å². The van der Waals surface area contributed by atoms with Crippen molar-refractivity contribution in [3.63, 3.8) is 0 Å². The Morgan fingerprint density at radius 1 is 1.19 bits per heavy atom. The summed E-state index contributed by atoms with van der Waals surface area (Å²) in [7, 11) is 0. The highest BCUT2D eigenvalue weighted by Gasteiger charge is 2.30. The van der Waals surface area contributed by atoms with Gasteiger partial charge >= 0.3 is 0 Å². The molecule has 32 heavy (non-hydrogen) atoms. The third-order valence-corrected chi connectivity index (χ3v) is 6.18. The summed E-state index contributed by atoms with van der Waals surface area (Å²) in [5, 5.41) is 13.6. The monoisotopic (exact) mass is 441 g/mol. The van der Waals surface area contributed by atoms with E-state index in [-0.39, 0.29) is 31.1 Å². The molecule has 1 aromatic carbocycles. The molecule has 0 saturated heterocycles. The fourth-order valence-electron chi connectivity index (χ4n) is 4.44. The number of nitrogens with one attached hydrogen (secondary N) is 3. The summed E-state index contributed by atoms with van der Waals surface area (Å²) in [6, 6.07) is 10.5. The lowest BCUT2D eigenvalue weighted by Crippen LogP contribution is -2.46. The number of nitrogens with zero attached hydrogens (tertiary/aromatic N) is 2. The van der Waals surface area contributed by atoms with Crippen molar-refractivity contribution in [2.75, 3.05) is 11.9 Å². The van der Waals surface area contributed by atoms with E-state index in [1.54, 1.807) is 12.3 Å². The van der Waals surface area contributed by atoms with Gasteiger partial charge in [0, 0.05) is 43.0 Å². The number of pyridine rings is 1. The van der Waals surface area contributed by atoms with E-state index in [4.69, 9.17) is 4.74 Å². The van der Waals surface area contributed by atoms with Gasteiger partial charge in [-0.05, 0) is 43.5 Å². The summed E-state index contributed by atoms with van der Waals surface area (Å²) in [6.45, 7) is 0.671. The largest absolute Gasteiger partial charge is 0.481 e. The lowest BCUT2D eigenvalue weighted by atomic mass is 9.89. The van der Waals surface area contributed by atoms with Crippen molar-refractivity contribution in [2.24, 2.45) is 0 Å². The zero-order valence-corrected chi connectivity index (χ0v) is 17.5. The number of amides is 1. The van der Waals surface area contributed by atoms with Crippen molar-refractivity contribution in [2.45, 2.75) is 50.6 Å². The highest BCUT2D eigenvalue weighted by Crippen LogP contribution is 2.31. The van der Waals surface area contributed by atoms with Crippen LogP contribution in [0.4, 0.5) is 14.5 Å². The number of benzene rings is 1. The summed E-state index contributed by atoms with van der Waals surface area (Å²) in [5.74, 6) is -0.404. The maximum atomic E-state index is 14.9. The van der Waals surface area contributed by atoms with Gasteiger partial charge in [-0.15, -0.1) is 0 Å². The predicted octanol–water partition coefficient (Wildman–Crippen LogP) is 2.94. The summed E-state index contributed by atoms with van der Waals surface area (Å²) in [5.41, 5.74) is 2.87. The zero-order chi connectivity index (χ0) is 22.1. The SMILES string of the molecule is O=C1COc2cc(F)c(CN[C@H]3CC[C@H](NCc4cccc5ccnn45)C[C@H]3F)cc2N1. The molecule has 0 spiro atoms. The predicted molar refractivity (Wildman–Crippen MR) is 116 cm³/mol. The van der Waals surface area contributed by atoms with Gasteiger partial charge in [0.15, 0.2) is 6.61 Å². The van der Waals surface area contributed by atoms with E-state index in [9.17, 15) is 13.6 Å². The molecule has 0 unspecified atom stereocenters. The molecule has 3 aromatic rings. The van der Waals surface area contributed by atoms with Crippen LogP contribution in [0.3, 0.4) is 0 Å². The Morgan fingerprint density at radius 3 is 2.97 bits per heavy atom. The second kappa shape index (κ2) is 8.84. The molecule has 1 amide bonds. The van der Waals surface area contributed by atoms with Crippen molar-refractivity contribution < 1.29 is 18.3 Å². The van der Waals surface area contributed by atoms with Crippen molar-refractivity contribution in [3.8, 4) is 5.75 Å². The van der Waals surface area contributed by atoms with E-state index in [0.717, 1.165) is 17.6 Å². The highest BCUT2D eigenvalue weighted by molar-refractivity contribution is 5.95. The zero-order valence-electron chi connectivity index (χ0n) is 17.5. The molecule has 2 aromatic heterocycles. The first kappa shape index (κ1) is 20.8. The van der Waals surface area contributed by atoms with E-state index < -0.39 is 12.0 Å². The van der Waals surface area contributed by atoms with Crippen LogP contribution in [0.25, 0.3) is 5.52 Å². The molecule has 2 aliphatic rings. The Morgan fingerprint density at radius 2 is 2.09 bits per heavy atom. The number of ether oxygens (including phenoxy) is 1. The number of aromatic nitrogens is 2. The summed E-state index contributed by atoms with van der Waals surface area (Å²) >= 11 is 0. The van der Waals surface area contributed by atoms with Crippen molar-refractivity contribution in [1.82, 2.24) is 20.2 Å². The Hall–Kier alpha value is -3.04.